The molecule has 1 N–H and O–H groups in total. The number of benzene rings is 2. The predicted octanol–water partition coefficient (Wildman–Crippen LogP) is 5.60. The molecule has 2 atom stereocenters. The van der Waals surface area contributed by atoms with Crippen LogP contribution in [0.3, 0.4) is 0 Å². The molecule has 2 rings (SSSR count). The summed E-state index contributed by atoms with van der Waals surface area (Å²) in [6.07, 6.45) is 2.11. The Kier molecular flexibility index (Phi) is 11.3. The Morgan fingerprint density at radius 2 is 1.54 bits per heavy atom. The highest BCUT2D eigenvalue weighted by atomic mass is 35.5. The Hall–Kier alpha value is -2.29. The van der Waals surface area contributed by atoms with Crippen LogP contribution in [-0.2, 0) is 26.2 Å². The summed E-state index contributed by atoms with van der Waals surface area (Å²) >= 11 is 12.8. The lowest BCUT2D eigenvalue weighted by Gasteiger charge is -2.34. The lowest BCUT2D eigenvalue weighted by Crippen LogP contribution is -2.53. The number of anilines is 1. The highest BCUT2D eigenvalue weighted by Crippen LogP contribution is 2.30. The fourth-order valence-corrected chi connectivity index (χ4v) is 5.40. The van der Waals surface area contributed by atoms with Crippen LogP contribution < -0.4 is 9.62 Å². The van der Waals surface area contributed by atoms with Crippen molar-refractivity contribution in [2.24, 2.45) is 0 Å². The summed E-state index contributed by atoms with van der Waals surface area (Å²) in [5, 5.41) is 3.65. The van der Waals surface area contributed by atoms with Crippen LogP contribution in [0.4, 0.5) is 5.69 Å². The maximum Gasteiger partial charge on any atom is 0.244 e. The van der Waals surface area contributed by atoms with Crippen LogP contribution in [0.2, 0.25) is 10.0 Å². The Balaban J connectivity index is 2.57. The van der Waals surface area contributed by atoms with Gasteiger partial charge in [0.25, 0.3) is 0 Å². The van der Waals surface area contributed by atoms with E-state index in [1.807, 2.05) is 39.8 Å². The highest BCUT2D eigenvalue weighted by Gasteiger charge is 2.33. The minimum Gasteiger partial charge on any atom is -0.352 e. The zero-order valence-electron chi connectivity index (χ0n) is 22.3. The maximum absolute atomic E-state index is 13.9. The second kappa shape index (κ2) is 13.5. The first-order valence-electron chi connectivity index (χ1n) is 12.4. The van der Waals surface area contributed by atoms with Crippen LogP contribution in [0.15, 0.2) is 42.5 Å². The van der Waals surface area contributed by atoms with Crippen molar-refractivity contribution in [1.29, 1.82) is 0 Å². The molecule has 0 heterocycles. The molecule has 2 aromatic rings. The molecule has 2 amide bonds. The van der Waals surface area contributed by atoms with Crippen molar-refractivity contribution in [1.82, 2.24) is 10.2 Å². The average Bonchev–Trinajstić information content (AvgIpc) is 2.83. The number of carbonyl (C=O) groups is 2. The lowest BCUT2D eigenvalue weighted by molar-refractivity contribution is -0.140. The molecule has 0 bridgehead atoms. The zero-order valence-corrected chi connectivity index (χ0v) is 24.6. The number of hydrogen-bond donors (Lipinski definition) is 1. The number of carbonyl (C=O) groups excluding carboxylic acids is 2. The summed E-state index contributed by atoms with van der Waals surface area (Å²) in [6, 6.07) is 11.2. The fourth-order valence-electron chi connectivity index (χ4n) is 4.01. The Bertz CT molecular complexity index is 1180. The Morgan fingerprint density at radius 1 is 0.946 bits per heavy atom. The van der Waals surface area contributed by atoms with Gasteiger partial charge in [0.1, 0.15) is 12.6 Å². The molecular weight excluding hydrogens is 533 g/mol. The number of rotatable bonds is 12. The molecule has 0 saturated heterocycles. The van der Waals surface area contributed by atoms with Gasteiger partial charge in [0, 0.05) is 28.2 Å². The molecule has 0 aromatic heterocycles. The molecular formula is C27H37Cl2N3O4S. The number of amides is 2. The first-order valence-corrected chi connectivity index (χ1v) is 15.0. The smallest absolute Gasteiger partial charge is 0.244 e. The van der Waals surface area contributed by atoms with Crippen molar-refractivity contribution in [2.45, 2.75) is 72.0 Å². The molecule has 0 aliphatic heterocycles. The number of sulfonamides is 1. The van der Waals surface area contributed by atoms with Gasteiger partial charge in [-0.25, -0.2) is 8.42 Å². The van der Waals surface area contributed by atoms with Crippen molar-refractivity contribution in [3.8, 4) is 0 Å². The van der Waals surface area contributed by atoms with E-state index in [2.05, 4.69) is 5.32 Å². The molecule has 0 fully saturated rings. The minimum absolute atomic E-state index is 0.0262. The van der Waals surface area contributed by atoms with E-state index < -0.39 is 28.5 Å². The number of nitrogens with one attached hydrogen (secondary N) is 1. The summed E-state index contributed by atoms with van der Waals surface area (Å²) in [5.41, 5.74) is 1.71. The van der Waals surface area contributed by atoms with Gasteiger partial charge < -0.3 is 10.2 Å². The zero-order chi connectivity index (χ0) is 27.9. The summed E-state index contributed by atoms with van der Waals surface area (Å²) in [4.78, 5) is 28.5. The van der Waals surface area contributed by atoms with E-state index in [1.165, 1.54) is 4.90 Å². The number of para-hydroxylation sites is 1. The van der Waals surface area contributed by atoms with Crippen LogP contribution in [0, 0.1) is 0 Å². The molecule has 0 unspecified atom stereocenters. The van der Waals surface area contributed by atoms with Crippen LogP contribution in [0.1, 0.15) is 64.5 Å². The third-order valence-corrected chi connectivity index (χ3v) is 8.12. The molecule has 10 heteroatoms. The van der Waals surface area contributed by atoms with Crippen LogP contribution in [0.25, 0.3) is 0 Å². The predicted molar refractivity (Wildman–Crippen MR) is 152 cm³/mol. The van der Waals surface area contributed by atoms with Gasteiger partial charge in [0.05, 0.1) is 11.9 Å². The summed E-state index contributed by atoms with van der Waals surface area (Å²) in [7, 11) is -3.83. The van der Waals surface area contributed by atoms with Crippen LogP contribution >= 0.6 is 23.2 Å². The molecule has 2 aromatic carbocycles. The van der Waals surface area contributed by atoms with E-state index >= 15 is 0 Å². The van der Waals surface area contributed by atoms with Crippen LogP contribution in [-0.4, -0.2) is 50.0 Å². The molecule has 0 radical (unpaired) electrons. The number of nitrogens with zero attached hydrogens (tertiary/aromatic N) is 2. The van der Waals surface area contributed by atoms with Gasteiger partial charge >= 0.3 is 0 Å². The lowest BCUT2D eigenvalue weighted by atomic mass is 10.0. The van der Waals surface area contributed by atoms with Crippen molar-refractivity contribution < 1.29 is 18.0 Å². The van der Waals surface area contributed by atoms with Gasteiger partial charge in [-0.2, -0.15) is 0 Å². The molecule has 37 heavy (non-hydrogen) atoms. The van der Waals surface area contributed by atoms with E-state index in [0.29, 0.717) is 27.7 Å². The fraction of sp³-hybridized carbons (Fsp3) is 0.481. The average molecular weight is 571 g/mol. The van der Waals surface area contributed by atoms with Crippen molar-refractivity contribution >= 4 is 50.7 Å². The first-order chi connectivity index (χ1) is 17.3. The largest absolute Gasteiger partial charge is 0.352 e. The Labute approximate surface area is 231 Å². The second-order valence-electron chi connectivity index (χ2n) is 9.45. The van der Waals surface area contributed by atoms with Gasteiger partial charge in [0.15, 0.2) is 0 Å². The summed E-state index contributed by atoms with van der Waals surface area (Å²) in [5.74, 6) is -0.828. The normalized spacial score (nSPS) is 13.2. The van der Waals surface area contributed by atoms with Crippen molar-refractivity contribution in [2.75, 3.05) is 17.1 Å². The molecule has 0 aliphatic carbocycles. The first kappa shape index (κ1) is 30.9. The van der Waals surface area contributed by atoms with E-state index in [1.54, 1.807) is 37.3 Å². The standard InChI is InChI=1S/C27H37Cl2N3O4S/c1-7-19(5)30-27(34)24(8-2)31(16-21-22(28)13-11-14-23(21)29)26(33)17-32(37(6,35)36)25-15-10-9-12-20(25)18(3)4/h9-15,18-19,24H,7-8,16-17H2,1-6H3,(H,30,34)/t19-,24+/m1/s1. The van der Waals surface area contributed by atoms with Gasteiger partial charge in [-0.05, 0) is 49.4 Å². The molecule has 7 nitrogen and oxygen atoms in total. The van der Waals surface area contributed by atoms with Crippen molar-refractivity contribution in [3.63, 3.8) is 0 Å². The molecule has 0 saturated carbocycles. The van der Waals surface area contributed by atoms with E-state index in [0.717, 1.165) is 22.5 Å². The molecule has 204 valence electrons. The maximum atomic E-state index is 13.9. The van der Waals surface area contributed by atoms with Gasteiger partial charge in [-0.3, -0.25) is 13.9 Å². The van der Waals surface area contributed by atoms with Gasteiger partial charge in [0.2, 0.25) is 21.8 Å². The van der Waals surface area contributed by atoms with Crippen LogP contribution in [0.5, 0.6) is 0 Å². The second-order valence-corrected chi connectivity index (χ2v) is 12.2. The summed E-state index contributed by atoms with van der Waals surface area (Å²) < 4.78 is 26.9. The third kappa shape index (κ3) is 8.09. The monoisotopic (exact) mass is 569 g/mol. The molecule has 0 aliphatic rings. The van der Waals surface area contributed by atoms with E-state index in [9.17, 15) is 18.0 Å². The van der Waals surface area contributed by atoms with E-state index in [4.69, 9.17) is 23.2 Å². The third-order valence-electron chi connectivity index (χ3n) is 6.28. The number of halogens is 2. The van der Waals surface area contributed by atoms with Gasteiger partial charge in [-0.15, -0.1) is 0 Å². The Morgan fingerprint density at radius 3 is 2.05 bits per heavy atom. The summed E-state index contributed by atoms with van der Waals surface area (Å²) in [6.45, 7) is 9.03. The van der Waals surface area contributed by atoms with Crippen molar-refractivity contribution in [3.05, 3.63) is 63.6 Å². The molecule has 0 spiro atoms. The topological polar surface area (TPSA) is 86.8 Å². The number of hydrogen-bond acceptors (Lipinski definition) is 4. The van der Waals surface area contributed by atoms with E-state index in [-0.39, 0.29) is 24.4 Å². The SMILES string of the molecule is CC[C@@H](C)NC(=O)[C@H](CC)N(Cc1c(Cl)cccc1Cl)C(=O)CN(c1ccccc1C(C)C)S(C)(=O)=O. The minimum atomic E-state index is -3.83. The van der Waals surface area contributed by atoms with Gasteiger partial charge in [-0.1, -0.05) is 75.2 Å². The quantitative estimate of drug-likeness (QED) is 0.360. The highest BCUT2D eigenvalue weighted by molar-refractivity contribution is 7.92.